The quantitative estimate of drug-likeness (QED) is 0.803. The van der Waals surface area contributed by atoms with E-state index in [4.69, 9.17) is 0 Å². The van der Waals surface area contributed by atoms with E-state index in [1.807, 2.05) is 18.2 Å². The van der Waals surface area contributed by atoms with Crippen LogP contribution in [0.4, 0.5) is 0 Å². The molecule has 0 aliphatic heterocycles. The maximum atomic E-state index is 12.7. The Morgan fingerprint density at radius 1 is 0.947 bits per heavy atom. The Bertz CT molecular complexity index is 737. The van der Waals surface area contributed by atoms with Crippen molar-refractivity contribution in [1.82, 2.24) is 0 Å². The van der Waals surface area contributed by atoms with Crippen molar-refractivity contribution in [2.24, 2.45) is 0 Å². The van der Waals surface area contributed by atoms with Gasteiger partial charge in [-0.05, 0) is 11.5 Å². The molecule has 0 N–H and O–H groups in total. The van der Waals surface area contributed by atoms with Gasteiger partial charge in [0.1, 0.15) is 0 Å². The summed E-state index contributed by atoms with van der Waals surface area (Å²) in [7, 11) is -3.77. The fraction of sp³-hybridized carbons (Fsp3) is 0.286. The van der Waals surface area contributed by atoms with E-state index in [9.17, 15) is 13.0 Å². The first-order chi connectivity index (χ1) is 8.96. The second kappa shape index (κ2) is 5.10. The third kappa shape index (κ3) is 2.24. The third-order valence-electron chi connectivity index (χ3n) is 3.43. The molecule has 0 bridgehead atoms. The van der Waals surface area contributed by atoms with Gasteiger partial charge in [-0.3, -0.25) is 0 Å². The molecule has 102 valence electrons. The number of benzene rings is 2. The summed E-state index contributed by atoms with van der Waals surface area (Å²) in [6.07, 6.45) is -2.89. The van der Waals surface area contributed by atoms with E-state index < -0.39 is 15.8 Å². The van der Waals surface area contributed by atoms with E-state index in [0.717, 1.165) is 5.39 Å². The third-order valence-corrected chi connectivity index (χ3v) is 11.9. The maximum Gasteiger partial charge on any atom is 0.229 e. The summed E-state index contributed by atoms with van der Waals surface area (Å²) in [5.41, 5.74) is 0. The van der Waals surface area contributed by atoms with Crippen LogP contribution in [0, 0.1) is 0 Å². The number of hydrogen-bond donors (Lipinski definition) is 0. The van der Waals surface area contributed by atoms with Gasteiger partial charge < -0.3 is 4.57 Å². The molecule has 0 aliphatic rings. The van der Waals surface area contributed by atoms with Crippen molar-refractivity contribution in [2.75, 3.05) is 12.3 Å². The number of fused-ring (bicyclic) bond motifs is 1. The van der Waals surface area contributed by atoms with Gasteiger partial charge in [0.15, 0.2) is 0 Å². The molecule has 19 heavy (non-hydrogen) atoms. The van der Waals surface area contributed by atoms with Crippen molar-refractivity contribution in [1.29, 1.82) is 0 Å². The Kier molecular flexibility index (Phi) is 3.84. The lowest BCUT2D eigenvalue weighted by Gasteiger charge is -2.16. The average Bonchev–Trinajstić information content (AvgIpc) is 2.45. The van der Waals surface area contributed by atoms with E-state index >= 15 is 0 Å². The highest BCUT2D eigenvalue weighted by Crippen LogP contribution is 2.55. The van der Waals surface area contributed by atoms with Crippen molar-refractivity contribution in [3.05, 3.63) is 42.5 Å². The Morgan fingerprint density at radius 2 is 1.53 bits per heavy atom. The molecule has 0 saturated carbocycles. The molecule has 2 aromatic rings. The molecule has 0 amide bonds. The minimum absolute atomic E-state index is 0.176. The van der Waals surface area contributed by atoms with Crippen molar-refractivity contribution >= 4 is 26.6 Å². The van der Waals surface area contributed by atoms with Gasteiger partial charge in [-0.25, -0.2) is 8.42 Å². The fourth-order valence-electron chi connectivity index (χ4n) is 2.16. The fourth-order valence-corrected chi connectivity index (χ4v) is 7.96. The van der Waals surface area contributed by atoms with Crippen molar-refractivity contribution < 1.29 is 13.0 Å². The first kappa shape index (κ1) is 14.3. The molecule has 2 aromatic carbocycles. The van der Waals surface area contributed by atoms with Crippen LogP contribution in [0.25, 0.3) is 10.8 Å². The van der Waals surface area contributed by atoms with Crippen molar-refractivity contribution in [2.45, 2.75) is 18.7 Å². The van der Waals surface area contributed by atoms with E-state index in [-0.39, 0.29) is 17.2 Å². The van der Waals surface area contributed by atoms with Gasteiger partial charge in [-0.1, -0.05) is 50.2 Å². The van der Waals surface area contributed by atoms with Gasteiger partial charge in [0.25, 0.3) is 0 Å². The van der Waals surface area contributed by atoms with Gasteiger partial charge in [-0.2, -0.15) is 0 Å². The minimum atomic E-state index is -3.77. The van der Waals surface area contributed by atoms with Crippen molar-refractivity contribution in [3.63, 3.8) is 0 Å². The van der Waals surface area contributed by atoms with Gasteiger partial charge >= 0.3 is 0 Å². The maximum absolute atomic E-state index is 12.7. The van der Waals surface area contributed by atoms with Crippen LogP contribution in [0.3, 0.4) is 0 Å². The Morgan fingerprint density at radius 3 is 2.16 bits per heavy atom. The number of hydrogen-bond acceptors (Lipinski definition) is 3. The highest BCUT2D eigenvalue weighted by Gasteiger charge is 2.36. The zero-order valence-electron chi connectivity index (χ0n) is 11.0. The lowest BCUT2D eigenvalue weighted by Crippen LogP contribution is -2.07. The van der Waals surface area contributed by atoms with E-state index in [1.54, 1.807) is 38.1 Å². The van der Waals surface area contributed by atoms with E-state index in [0.29, 0.717) is 5.39 Å². The first-order valence-corrected chi connectivity index (χ1v) is 10.4. The minimum Gasteiger partial charge on any atom is -0.306 e. The summed E-state index contributed by atoms with van der Waals surface area (Å²) in [5.74, 6) is 0. The summed E-state index contributed by atoms with van der Waals surface area (Å²) in [5, 5.41) is 1.49. The van der Waals surface area contributed by atoms with Crippen LogP contribution < -0.4 is 0 Å². The molecule has 0 saturated heterocycles. The molecule has 2 rings (SSSR count). The van der Waals surface area contributed by atoms with E-state index in [2.05, 4.69) is 0 Å². The van der Waals surface area contributed by atoms with Gasteiger partial charge in [0.05, 0.1) is 4.90 Å². The predicted molar refractivity (Wildman–Crippen MR) is 79.8 cm³/mol. The molecule has 0 unspecified atom stereocenters. The lowest BCUT2D eigenvalue weighted by atomic mass is 10.1. The predicted octanol–water partition coefficient (Wildman–Crippen LogP) is 3.93. The summed E-state index contributed by atoms with van der Waals surface area (Å²) >= 11 is 0. The summed E-state index contributed by atoms with van der Waals surface area (Å²) in [6, 6.07) is 12.4. The average molecular weight is 296 g/mol. The zero-order chi connectivity index (χ0) is 14.1. The Labute approximate surface area is 113 Å². The summed E-state index contributed by atoms with van der Waals surface area (Å²) < 4.78 is 38.0. The normalized spacial score (nSPS) is 12.7. The summed E-state index contributed by atoms with van der Waals surface area (Å²) in [6.45, 7) is 3.35. The van der Waals surface area contributed by atoms with Crippen LogP contribution in [0.2, 0.25) is 0 Å². The largest absolute Gasteiger partial charge is 0.306 e. The molecular formula is C14H17O3PS. The van der Waals surface area contributed by atoms with Gasteiger partial charge in [0.2, 0.25) is 15.8 Å². The summed E-state index contributed by atoms with van der Waals surface area (Å²) in [4.78, 5) is 0.192. The molecule has 0 fully saturated rings. The van der Waals surface area contributed by atoms with Crippen LogP contribution >= 0.6 is 6.34 Å². The van der Waals surface area contributed by atoms with Crippen LogP contribution in [0.5, 0.6) is 0 Å². The topological polar surface area (TPSA) is 51.2 Å². The molecular weight excluding hydrogens is 279 g/mol. The van der Waals surface area contributed by atoms with E-state index in [1.165, 1.54) is 0 Å². The zero-order valence-corrected chi connectivity index (χ0v) is 12.7. The molecule has 0 heterocycles. The Balaban J connectivity index is 2.79. The Hall–Kier alpha value is -1.12. The van der Waals surface area contributed by atoms with Gasteiger partial charge in [-0.15, -0.1) is 0 Å². The first-order valence-electron chi connectivity index (χ1n) is 6.27. The highest BCUT2D eigenvalue weighted by atomic mass is 32.8. The molecule has 0 aromatic heterocycles. The standard InChI is InChI=1S/C14H17O3PS/c1-3-18(15,4-2)19(16,17)14-11-7-9-12-8-5-6-10-13(12)14/h5-11H,3-4H2,1-2H3. The monoisotopic (exact) mass is 296 g/mol. The molecule has 3 nitrogen and oxygen atoms in total. The second-order valence-electron chi connectivity index (χ2n) is 4.40. The second-order valence-corrected chi connectivity index (χ2v) is 12.1. The molecule has 0 spiro atoms. The van der Waals surface area contributed by atoms with Crippen LogP contribution in [-0.4, -0.2) is 20.7 Å². The van der Waals surface area contributed by atoms with Crippen LogP contribution in [0.1, 0.15) is 13.8 Å². The molecule has 0 atom stereocenters. The van der Waals surface area contributed by atoms with Crippen LogP contribution in [-0.2, 0) is 14.0 Å². The SMILES string of the molecule is CCP(=O)(CC)S(=O)(=O)c1cccc2ccccc12. The van der Waals surface area contributed by atoms with Crippen molar-refractivity contribution in [3.8, 4) is 0 Å². The highest BCUT2D eigenvalue weighted by molar-refractivity contribution is 8.52. The van der Waals surface area contributed by atoms with Gasteiger partial charge in [0, 0.05) is 17.7 Å². The lowest BCUT2D eigenvalue weighted by molar-refractivity contribution is 0.572. The number of rotatable bonds is 4. The molecule has 0 aliphatic carbocycles. The smallest absolute Gasteiger partial charge is 0.229 e. The van der Waals surface area contributed by atoms with Crippen LogP contribution in [0.15, 0.2) is 47.4 Å². The molecule has 0 radical (unpaired) electrons. The molecule has 5 heteroatoms.